The Morgan fingerprint density at radius 2 is 2.14 bits per heavy atom. The maximum Gasteiger partial charge on any atom is 0.280 e. The van der Waals surface area contributed by atoms with Crippen LogP contribution in [0.3, 0.4) is 0 Å². The van der Waals surface area contributed by atoms with Crippen molar-refractivity contribution >= 4 is 34.9 Å². The standard InChI is InChI=1S/C14H14Cl2FN3O2/c1-7-3-13(20-22-7)19-14(21)6-18-8(2)9-4-12(17)11(16)5-10(9)15/h3-5,8,18H,6H2,1-2H3,(H,19,20,21)/p+1/t8-/m0/s1. The van der Waals surface area contributed by atoms with Crippen molar-refractivity contribution in [3.8, 4) is 0 Å². The first-order chi connectivity index (χ1) is 10.4. The summed E-state index contributed by atoms with van der Waals surface area (Å²) in [6.07, 6.45) is 0. The molecule has 0 aliphatic heterocycles. The second-order valence-electron chi connectivity index (χ2n) is 4.89. The highest BCUT2D eigenvalue weighted by molar-refractivity contribution is 6.35. The van der Waals surface area contributed by atoms with Gasteiger partial charge in [0.15, 0.2) is 12.4 Å². The van der Waals surface area contributed by atoms with Crippen LogP contribution in [0.15, 0.2) is 22.7 Å². The quantitative estimate of drug-likeness (QED) is 0.817. The Bertz CT molecular complexity index is 691. The second-order valence-corrected chi connectivity index (χ2v) is 5.70. The molecule has 0 bridgehead atoms. The highest BCUT2D eigenvalue weighted by Gasteiger charge is 2.17. The lowest BCUT2D eigenvalue weighted by Crippen LogP contribution is -2.86. The van der Waals surface area contributed by atoms with Crippen LogP contribution >= 0.6 is 23.2 Å². The van der Waals surface area contributed by atoms with Crippen molar-refractivity contribution in [2.45, 2.75) is 19.9 Å². The van der Waals surface area contributed by atoms with E-state index in [1.165, 1.54) is 12.1 Å². The van der Waals surface area contributed by atoms with Gasteiger partial charge in [-0.15, -0.1) is 0 Å². The number of nitrogens with zero attached hydrogens (tertiary/aromatic N) is 1. The molecule has 0 unspecified atom stereocenters. The summed E-state index contributed by atoms with van der Waals surface area (Å²) in [6.45, 7) is 3.68. The maximum atomic E-state index is 13.5. The van der Waals surface area contributed by atoms with Crippen LogP contribution in [-0.4, -0.2) is 17.6 Å². The Morgan fingerprint density at radius 3 is 2.77 bits per heavy atom. The van der Waals surface area contributed by atoms with Crippen molar-refractivity contribution < 1.29 is 19.0 Å². The van der Waals surface area contributed by atoms with E-state index in [4.69, 9.17) is 27.7 Å². The molecule has 1 heterocycles. The molecule has 118 valence electrons. The van der Waals surface area contributed by atoms with Crippen LogP contribution in [0.1, 0.15) is 24.3 Å². The van der Waals surface area contributed by atoms with Gasteiger partial charge in [0.25, 0.3) is 5.91 Å². The van der Waals surface area contributed by atoms with E-state index >= 15 is 0 Å². The number of benzene rings is 1. The van der Waals surface area contributed by atoms with Crippen LogP contribution in [0.4, 0.5) is 10.2 Å². The van der Waals surface area contributed by atoms with Crippen molar-refractivity contribution in [1.29, 1.82) is 0 Å². The van der Waals surface area contributed by atoms with E-state index in [0.717, 1.165) is 0 Å². The van der Waals surface area contributed by atoms with Gasteiger partial charge in [0.1, 0.15) is 17.6 Å². The Kier molecular flexibility index (Phi) is 5.39. The Labute approximate surface area is 136 Å². The van der Waals surface area contributed by atoms with Crippen LogP contribution in [0.25, 0.3) is 0 Å². The summed E-state index contributed by atoms with van der Waals surface area (Å²) in [5.74, 6) is 0.185. The predicted molar refractivity (Wildman–Crippen MR) is 81.5 cm³/mol. The fraction of sp³-hybridized carbons (Fsp3) is 0.286. The van der Waals surface area contributed by atoms with Crippen LogP contribution in [-0.2, 0) is 4.79 Å². The number of nitrogens with two attached hydrogens (primary N) is 1. The predicted octanol–water partition coefficient (Wildman–Crippen LogP) is 2.69. The lowest BCUT2D eigenvalue weighted by molar-refractivity contribution is -0.682. The molecule has 0 spiro atoms. The Morgan fingerprint density at radius 1 is 1.41 bits per heavy atom. The van der Waals surface area contributed by atoms with E-state index in [9.17, 15) is 9.18 Å². The number of amides is 1. The minimum Gasteiger partial charge on any atom is -0.360 e. The summed E-state index contributed by atoms with van der Waals surface area (Å²) in [7, 11) is 0. The largest absolute Gasteiger partial charge is 0.360 e. The monoisotopic (exact) mass is 346 g/mol. The van der Waals surface area contributed by atoms with Gasteiger partial charge in [-0.25, -0.2) is 4.39 Å². The molecule has 1 aromatic heterocycles. The highest BCUT2D eigenvalue weighted by Crippen LogP contribution is 2.27. The van der Waals surface area contributed by atoms with Gasteiger partial charge in [0, 0.05) is 11.6 Å². The number of aromatic nitrogens is 1. The molecule has 1 aromatic carbocycles. The van der Waals surface area contributed by atoms with Crippen LogP contribution in [0.5, 0.6) is 0 Å². The average molecular weight is 347 g/mol. The average Bonchev–Trinajstić information content (AvgIpc) is 2.85. The maximum absolute atomic E-state index is 13.5. The smallest absolute Gasteiger partial charge is 0.280 e. The zero-order valence-corrected chi connectivity index (χ0v) is 13.5. The van der Waals surface area contributed by atoms with Gasteiger partial charge in [0.05, 0.1) is 10.0 Å². The number of quaternary nitrogens is 1. The third-order valence-corrected chi connectivity index (χ3v) is 3.70. The Hall–Kier alpha value is -1.63. The molecule has 0 aliphatic carbocycles. The van der Waals surface area contributed by atoms with Crippen LogP contribution < -0.4 is 10.6 Å². The molecule has 8 heteroatoms. The van der Waals surface area contributed by atoms with Gasteiger partial charge in [-0.05, 0) is 26.0 Å². The van der Waals surface area contributed by atoms with E-state index in [2.05, 4.69) is 10.5 Å². The molecule has 2 rings (SSSR count). The van der Waals surface area contributed by atoms with Crippen molar-refractivity contribution in [2.75, 3.05) is 11.9 Å². The molecular formula is C14H15Cl2FN3O2+. The van der Waals surface area contributed by atoms with Crippen molar-refractivity contribution in [3.05, 3.63) is 45.4 Å². The third-order valence-electron chi connectivity index (χ3n) is 3.08. The number of aryl methyl sites for hydroxylation is 1. The minimum atomic E-state index is -0.538. The number of anilines is 1. The summed E-state index contributed by atoms with van der Waals surface area (Å²) < 4.78 is 18.4. The van der Waals surface area contributed by atoms with Gasteiger partial charge in [-0.2, -0.15) is 0 Å². The third kappa shape index (κ3) is 4.19. The number of hydrogen-bond acceptors (Lipinski definition) is 3. The van der Waals surface area contributed by atoms with Gasteiger partial charge < -0.3 is 15.2 Å². The summed E-state index contributed by atoms with van der Waals surface area (Å²) in [4.78, 5) is 11.8. The number of hydrogen-bond donors (Lipinski definition) is 2. The first-order valence-electron chi connectivity index (χ1n) is 6.57. The zero-order valence-electron chi connectivity index (χ0n) is 12.0. The van der Waals surface area contributed by atoms with E-state index < -0.39 is 5.82 Å². The van der Waals surface area contributed by atoms with Gasteiger partial charge >= 0.3 is 0 Å². The first kappa shape index (κ1) is 16.7. The zero-order chi connectivity index (χ0) is 16.3. The lowest BCUT2D eigenvalue weighted by Gasteiger charge is -2.13. The summed E-state index contributed by atoms with van der Waals surface area (Å²) in [6, 6.07) is 4.05. The molecule has 3 N–H and O–H groups in total. The van der Waals surface area contributed by atoms with E-state index in [0.29, 0.717) is 22.2 Å². The molecule has 0 fully saturated rings. The summed E-state index contributed by atoms with van der Waals surface area (Å²) >= 11 is 11.7. The van der Waals surface area contributed by atoms with E-state index in [1.54, 1.807) is 18.3 Å². The number of rotatable bonds is 5. The van der Waals surface area contributed by atoms with Crippen molar-refractivity contribution in [2.24, 2.45) is 0 Å². The van der Waals surface area contributed by atoms with Crippen molar-refractivity contribution in [1.82, 2.24) is 5.16 Å². The highest BCUT2D eigenvalue weighted by atomic mass is 35.5. The SMILES string of the molecule is Cc1cc(NC(=O)C[NH2+][C@@H](C)c2cc(F)c(Cl)cc2Cl)no1. The molecule has 0 aliphatic rings. The van der Waals surface area contributed by atoms with E-state index in [1.807, 2.05) is 6.92 Å². The molecule has 0 radical (unpaired) electrons. The van der Waals surface area contributed by atoms with E-state index in [-0.39, 0.29) is 23.5 Å². The van der Waals surface area contributed by atoms with Crippen LogP contribution in [0.2, 0.25) is 10.0 Å². The number of halogens is 3. The molecule has 0 saturated carbocycles. The molecular weight excluding hydrogens is 332 g/mol. The van der Waals surface area contributed by atoms with Gasteiger partial charge in [0.2, 0.25) is 0 Å². The first-order valence-corrected chi connectivity index (χ1v) is 7.33. The molecule has 5 nitrogen and oxygen atoms in total. The van der Waals surface area contributed by atoms with Crippen molar-refractivity contribution in [3.63, 3.8) is 0 Å². The molecule has 2 aromatic rings. The summed E-state index contributed by atoms with van der Waals surface area (Å²) in [5.41, 5.74) is 0.577. The normalized spacial score (nSPS) is 12.2. The molecule has 1 amide bonds. The fourth-order valence-electron chi connectivity index (χ4n) is 1.92. The molecule has 1 atom stereocenters. The topological polar surface area (TPSA) is 71.7 Å². The second kappa shape index (κ2) is 7.09. The number of carbonyl (C=O) groups is 1. The van der Waals surface area contributed by atoms with Gasteiger partial charge in [-0.1, -0.05) is 28.4 Å². The fourth-order valence-corrected chi connectivity index (χ4v) is 2.47. The Balaban J connectivity index is 1.93. The van der Waals surface area contributed by atoms with Crippen LogP contribution in [0, 0.1) is 12.7 Å². The summed E-state index contributed by atoms with van der Waals surface area (Å²) in [5, 5.41) is 8.34. The van der Waals surface area contributed by atoms with Gasteiger partial charge in [-0.3, -0.25) is 4.79 Å². The number of nitrogens with one attached hydrogen (secondary N) is 1. The lowest BCUT2D eigenvalue weighted by atomic mass is 10.1. The molecule has 0 saturated heterocycles. The minimum absolute atomic E-state index is 0.0277. The number of carbonyl (C=O) groups excluding carboxylic acids is 1. The molecule has 22 heavy (non-hydrogen) atoms.